The topological polar surface area (TPSA) is 63.9 Å². The van der Waals surface area contributed by atoms with E-state index < -0.39 is 0 Å². The highest BCUT2D eigenvalue weighted by Crippen LogP contribution is 2.17. The normalized spacial score (nSPS) is 10.6. The predicted molar refractivity (Wildman–Crippen MR) is 127 cm³/mol. The van der Waals surface area contributed by atoms with Gasteiger partial charge in [-0.2, -0.15) is 0 Å². The van der Waals surface area contributed by atoms with E-state index in [2.05, 4.69) is 5.32 Å². The first-order chi connectivity index (χ1) is 15.6. The summed E-state index contributed by atoms with van der Waals surface area (Å²) in [7, 11) is 1.60. The zero-order valence-corrected chi connectivity index (χ0v) is 19.5. The van der Waals surface area contributed by atoms with E-state index in [4.69, 9.17) is 13.9 Å². The average molecular weight is 477 g/mol. The van der Waals surface area contributed by atoms with E-state index in [1.165, 1.54) is 12.1 Å². The SMILES string of the molecule is COCCNC(=O)CN(CCc1cccc(OCc2cccc(F)c2)c1)Cc1ccco1.Cl. The maximum absolute atomic E-state index is 13.3. The van der Waals surface area contributed by atoms with Crippen LogP contribution in [0.25, 0.3) is 0 Å². The van der Waals surface area contributed by atoms with Gasteiger partial charge >= 0.3 is 0 Å². The Bertz CT molecular complexity index is 969. The van der Waals surface area contributed by atoms with Gasteiger partial charge in [-0.3, -0.25) is 9.69 Å². The van der Waals surface area contributed by atoms with Crippen molar-refractivity contribution in [1.29, 1.82) is 0 Å². The molecule has 0 bridgehead atoms. The van der Waals surface area contributed by atoms with E-state index in [1.807, 2.05) is 47.4 Å². The molecule has 178 valence electrons. The Hall–Kier alpha value is -2.87. The summed E-state index contributed by atoms with van der Waals surface area (Å²) in [5.74, 6) is 1.20. The van der Waals surface area contributed by atoms with Crippen LogP contribution < -0.4 is 10.1 Å². The van der Waals surface area contributed by atoms with Crippen LogP contribution in [-0.4, -0.2) is 44.2 Å². The largest absolute Gasteiger partial charge is 0.489 e. The molecule has 33 heavy (non-hydrogen) atoms. The second-order valence-electron chi connectivity index (χ2n) is 7.45. The Morgan fingerprint density at radius 2 is 1.91 bits per heavy atom. The number of carbonyl (C=O) groups is 1. The minimum Gasteiger partial charge on any atom is -0.489 e. The van der Waals surface area contributed by atoms with Gasteiger partial charge in [-0.1, -0.05) is 24.3 Å². The smallest absolute Gasteiger partial charge is 0.234 e. The van der Waals surface area contributed by atoms with Crippen molar-refractivity contribution in [1.82, 2.24) is 10.2 Å². The first-order valence-corrected chi connectivity index (χ1v) is 10.6. The molecule has 0 radical (unpaired) electrons. The lowest BCUT2D eigenvalue weighted by Crippen LogP contribution is -2.39. The van der Waals surface area contributed by atoms with Crippen molar-refractivity contribution >= 4 is 18.3 Å². The Labute approximate surface area is 200 Å². The minimum atomic E-state index is -0.275. The average Bonchev–Trinajstić information content (AvgIpc) is 3.30. The van der Waals surface area contributed by atoms with E-state index in [0.717, 1.165) is 29.1 Å². The summed E-state index contributed by atoms with van der Waals surface area (Å²) in [5.41, 5.74) is 1.87. The van der Waals surface area contributed by atoms with Crippen molar-refractivity contribution in [3.8, 4) is 5.75 Å². The first kappa shape index (κ1) is 26.4. The van der Waals surface area contributed by atoms with Crippen molar-refractivity contribution in [2.75, 3.05) is 33.4 Å². The van der Waals surface area contributed by atoms with E-state index in [-0.39, 0.29) is 30.7 Å². The van der Waals surface area contributed by atoms with Crippen molar-refractivity contribution in [3.05, 3.63) is 89.6 Å². The molecule has 1 heterocycles. The number of hydrogen-bond acceptors (Lipinski definition) is 5. The highest BCUT2D eigenvalue weighted by atomic mass is 35.5. The molecule has 8 heteroatoms. The molecule has 3 aromatic rings. The molecule has 3 rings (SSSR count). The standard InChI is InChI=1S/C25H29FN2O4.ClH/c1-30-14-11-27-25(29)18-28(17-24-9-4-13-31-24)12-10-20-5-3-8-23(16-20)32-19-21-6-2-7-22(26)15-21;/h2-9,13,15-16H,10-12,14,17-19H2,1H3,(H,27,29);1H. The third-order valence-electron chi connectivity index (χ3n) is 4.86. The van der Waals surface area contributed by atoms with E-state index in [9.17, 15) is 9.18 Å². The van der Waals surface area contributed by atoms with Gasteiger partial charge in [-0.15, -0.1) is 12.4 Å². The van der Waals surface area contributed by atoms with Gasteiger partial charge in [0.05, 0.1) is 26.0 Å². The Balaban J connectivity index is 0.00000385. The first-order valence-electron chi connectivity index (χ1n) is 10.6. The van der Waals surface area contributed by atoms with Crippen LogP contribution in [0.2, 0.25) is 0 Å². The predicted octanol–water partition coefficient (Wildman–Crippen LogP) is 4.23. The van der Waals surface area contributed by atoms with Gasteiger partial charge in [-0.25, -0.2) is 4.39 Å². The van der Waals surface area contributed by atoms with Gasteiger partial charge in [0.1, 0.15) is 23.9 Å². The van der Waals surface area contributed by atoms with Crippen molar-refractivity contribution in [2.45, 2.75) is 19.6 Å². The van der Waals surface area contributed by atoms with E-state index in [1.54, 1.807) is 19.4 Å². The Morgan fingerprint density at radius 3 is 2.67 bits per heavy atom. The fraction of sp³-hybridized carbons (Fsp3) is 0.320. The quantitative estimate of drug-likeness (QED) is 0.374. The Morgan fingerprint density at radius 1 is 1.09 bits per heavy atom. The molecule has 0 aliphatic carbocycles. The van der Waals surface area contributed by atoms with Crippen molar-refractivity contribution in [2.24, 2.45) is 0 Å². The van der Waals surface area contributed by atoms with Gasteiger partial charge in [0.15, 0.2) is 0 Å². The molecule has 1 amide bonds. The monoisotopic (exact) mass is 476 g/mol. The number of nitrogens with zero attached hydrogens (tertiary/aromatic N) is 1. The van der Waals surface area contributed by atoms with Crippen LogP contribution >= 0.6 is 12.4 Å². The van der Waals surface area contributed by atoms with Crippen molar-refractivity contribution in [3.63, 3.8) is 0 Å². The van der Waals surface area contributed by atoms with Crippen LogP contribution in [0.15, 0.2) is 71.3 Å². The summed E-state index contributed by atoms with van der Waals surface area (Å²) in [6.45, 7) is 2.74. The molecule has 0 aliphatic heterocycles. The van der Waals surface area contributed by atoms with Gasteiger partial charge in [-0.05, 0) is 53.9 Å². The second-order valence-corrected chi connectivity index (χ2v) is 7.45. The molecule has 1 N–H and O–H groups in total. The van der Waals surface area contributed by atoms with E-state index >= 15 is 0 Å². The summed E-state index contributed by atoms with van der Waals surface area (Å²) >= 11 is 0. The highest BCUT2D eigenvalue weighted by molar-refractivity contribution is 5.85. The summed E-state index contributed by atoms with van der Waals surface area (Å²) in [4.78, 5) is 14.3. The lowest BCUT2D eigenvalue weighted by Gasteiger charge is -2.21. The number of benzene rings is 2. The molecule has 0 saturated carbocycles. The molecule has 0 fully saturated rings. The number of furan rings is 1. The molecule has 1 aromatic heterocycles. The van der Waals surface area contributed by atoms with Crippen molar-refractivity contribution < 1.29 is 23.1 Å². The molecule has 6 nitrogen and oxygen atoms in total. The number of amides is 1. The molecular formula is C25H30ClFN2O4. The fourth-order valence-electron chi connectivity index (χ4n) is 3.26. The zero-order valence-electron chi connectivity index (χ0n) is 18.7. The number of halogens is 2. The number of hydrogen-bond donors (Lipinski definition) is 1. The second kappa shape index (κ2) is 14.3. The van der Waals surface area contributed by atoms with Gasteiger partial charge in [0.2, 0.25) is 5.91 Å². The minimum absolute atomic E-state index is 0. The third-order valence-corrected chi connectivity index (χ3v) is 4.86. The number of ether oxygens (including phenoxy) is 2. The lowest BCUT2D eigenvalue weighted by molar-refractivity contribution is -0.122. The molecular weight excluding hydrogens is 447 g/mol. The van der Waals surface area contributed by atoms with Crippen LogP contribution in [0.4, 0.5) is 4.39 Å². The highest BCUT2D eigenvalue weighted by Gasteiger charge is 2.13. The summed E-state index contributed by atoms with van der Waals surface area (Å²) < 4.78 is 29.6. The lowest BCUT2D eigenvalue weighted by atomic mass is 10.1. The van der Waals surface area contributed by atoms with Gasteiger partial charge in [0, 0.05) is 20.2 Å². The summed E-state index contributed by atoms with van der Waals surface area (Å²) in [6, 6.07) is 17.9. The Kier molecular flexibility index (Phi) is 11.4. The molecule has 0 unspecified atom stereocenters. The molecule has 0 atom stereocenters. The van der Waals surface area contributed by atoms with Crippen LogP contribution in [0.3, 0.4) is 0 Å². The number of nitrogens with one attached hydrogen (secondary N) is 1. The number of carbonyl (C=O) groups excluding carboxylic acids is 1. The fourth-order valence-corrected chi connectivity index (χ4v) is 3.26. The molecule has 0 saturated heterocycles. The molecule has 2 aromatic carbocycles. The third kappa shape index (κ3) is 9.65. The van der Waals surface area contributed by atoms with Crippen LogP contribution in [0.5, 0.6) is 5.75 Å². The molecule has 0 aliphatic rings. The summed E-state index contributed by atoms with van der Waals surface area (Å²) in [5, 5.41) is 2.85. The zero-order chi connectivity index (χ0) is 22.6. The maximum atomic E-state index is 13.3. The number of methoxy groups -OCH3 is 1. The maximum Gasteiger partial charge on any atom is 0.234 e. The number of rotatable bonds is 13. The van der Waals surface area contributed by atoms with Crippen LogP contribution in [0.1, 0.15) is 16.9 Å². The van der Waals surface area contributed by atoms with Crippen LogP contribution in [-0.2, 0) is 29.1 Å². The van der Waals surface area contributed by atoms with Crippen LogP contribution in [0, 0.1) is 5.82 Å². The van der Waals surface area contributed by atoms with Gasteiger partial charge in [0.25, 0.3) is 0 Å². The van der Waals surface area contributed by atoms with Gasteiger partial charge < -0.3 is 19.2 Å². The summed E-state index contributed by atoms with van der Waals surface area (Å²) in [6.07, 6.45) is 2.37. The van der Waals surface area contributed by atoms with E-state index in [0.29, 0.717) is 32.8 Å². The molecule has 0 spiro atoms.